The number of benzene rings is 1. The molecule has 1 atom stereocenters. The van der Waals surface area contributed by atoms with Crippen LogP contribution in [-0.2, 0) is 9.59 Å². The summed E-state index contributed by atoms with van der Waals surface area (Å²) in [4.78, 5) is 42.9. The molecule has 1 unspecified atom stereocenters. The summed E-state index contributed by atoms with van der Waals surface area (Å²) >= 11 is 1.67. The number of nitrogens with one attached hydrogen (secondary N) is 1. The molecule has 2 aliphatic heterocycles. The third-order valence-corrected chi connectivity index (χ3v) is 7.21. The van der Waals surface area contributed by atoms with E-state index < -0.39 is 6.04 Å². The van der Waals surface area contributed by atoms with Gasteiger partial charge in [0.25, 0.3) is 5.91 Å². The van der Waals surface area contributed by atoms with Crippen LogP contribution in [0.1, 0.15) is 60.9 Å². The lowest BCUT2D eigenvalue weighted by atomic mass is 9.94. The highest BCUT2D eigenvalue weighted by Gasteiger charge is 2.33. The van der Waals surface area contributed by atoms with Crippen LogP contribution in [0.4, 0.5) is 0 Å². The van der Waals surface area contributed by atoms with Crippen LogP contribution in [-0.4, -0.2) is 71.8 Å². The highest BCUT2D eigenvalue weighted by atomic mass is 32.2. The zero-order chi connectivity index (χ0) is 22.9. The third-order valence-electron chi connectivity index (χ3n) is 6.57. The van der Waals surface area contributed by atoms with Gasteiger partial charge in [0.2, 0.25) is 11.8 Å². The van der Waals surface area contributed by atoms with Crippen molar-refractivity contribution in [2.24, 2.45) is 5.92 Å². The van der Waals surface area contributed by atoms with Gasteiger partial charge in [0.15, 0.2) is 0 Å². The van der Waals surface area contributed by atoms with E-state index in [2.05, 4.69) is 5.32 Å². The predicted octanol–water partition coefficient (Wildman–Crippen LogP) is 3.49. The van der Waals surface area contributed by atoms with Crippen LogP contribution in [0.5, 0.6) is 0 Å². The van der Waals surface area contributed by atoms with Gasteiger partial charge >= 0.3 is 0 Å². The predicted molar refractivity (Wildman–Crippen MR) is 130 cm³/mol. The lowest BCUT2D eigenvalue weighted by molar-refractivity contribution is -0.141. The monoisotopic (exact) mass is 459 g/mol. The van der Waals surface area contributed by atoms with Crippen LogP contribution in [0.2, 0.25) is 0 Å². The Kier molecular flexibility index (Phi) is 9.45. The van der Waals surface area contributed by atoms with Crippen molar-refractivity contribution < 1.29 is 14.4 Å². The van der Waals surface area contributed by atoms with Crippen molar-refractivity contribution in [1.82, 2.24) is 15.1 Å². The average molecular weight is 460 g/mol. The SMILES string of the molecule is CSCCC(NC(=O)c1cccc(C)c1)C(=O)N1CCC(C(=O)N2CCCCCC2)CC1. The van der Waals surface area contributed by atoms with Crippen molar-refractivity contribution in [1.29, 1.82) is 0 Å². The molecule has 2 saturated heterocycles. The van der Waals surface area contributed by atoms with Crippen LogP contribution in [0.15, 0.2) is 24.3 Å². The third kappa shape index (κ3) is 6.74. The molecular formula is C25H37N3O3S. The Morgan fingerprint density at radius 3 is 2.34 bits per heavy atom. The number of nitrogens with zero attached hydrogens (tertiary/aromatic N) is 2. The zero-order valence-corrected chi connectivity index (χ0v) is 20.3. The molecular weight excluding hydrogens is 422 g/mol. The van der Waals surface area contributed by atoms with Gasteiger partial charge in [0.05, 0.1) is 0 Å². The number of amides is 3. The van der Waals surface area contributed by atoms with Gasteiger partial charge in [-0.2, -0.15) is 11.8 Å². The molecule has 0 radical (unpaired) electrons. The molecule has 32 heavy (non-hydrogen) atoms. The highest BCUT2D eigenvalue weighted by Crippen LogP contribution is 2.23. The molecule has 2 fully saturated rings. The number of hydrogen-bond acceptors (Lipinski definition) is 4. The first kappa shape index (κ1) is 24.6. The second-order valence-corrected chi connectivity index (χ2v) is 10.0. The van der Waals surface area contributed by atoms with Crippen LogP contribution < -0.4 is 5.32 Å². The molecule has 1 aromatic carbocycles. The van der Waals surface area contributed by atoms with E-state index in [-0.39, 0.29) is 23.6 Å². The van der Waals surface area contributed by atoms with Gasteiger partial charge in [0.1, 0.15) is 6.04 Å². The fourth-order valence-electron chi connectivity index (χ4n) is 4.64. The maximum atomic E-state index is 13.3. The van der Waals surface area contributed by atoms with Gasteiger partial charge in [-0.15, -0.1) is 0 Å². The molecule has 1 aromatic rings. The van der Waals surface area contributed by atoms with E-state index >= 15 is 0 Å². The zero-order valence-electron chi connectivity index (χ0n) is 19.5. The van der Waals surface area contributed by atoms with E-state index in [0.717, 1.165) is 37.2 Å². The molecule has 2 heterocycles. The summed E-state index contributed by atoms with van der Waals surface area (Å²) in [5.41, 5.74) is 1.59. The van der Waals surface area contributed by atoms with Gasteiger partial charge in [-0.1, -0.05) is 30.5 Å². The molecule has 0 spiro atoms. The van der Waals surface area contributed by atoms with Gasteiger partial charge < -0.3 is 15.1 Å². The van der Waals surface area contributed by atoms with Crippen molar-refractivity contribution in [2.45, 2.75) is 57.9 Å². The molecule has 6 nitrogen and oxygen atoms in total. The van der Waals surface area contributed by atoms with E-state index in [1.54, 1.807) is 17.8 Å². The molecule has 7 heteroatoms. The second-order valence-electron chi connectivity index (χ2n) is 9.02. The highest BCUT2D eigenvalue weighted by molar-refractivity contribution is 7.98. The maximum Gasteiger partial charge on any atom is 0.251 e. The number of rotatable bonds is 7. The largest absolute Gasteiger partial charge is 0.342 e. The Labute approximate surface area is 196 Å². The minimum Gasteiger partial charge on any atom is -0.342 e. The second kappa shape index (κ2) is 12.3. The van der Waals surface area contributed by atoms with E-state index in [1.165, 1.54) is 12.8 Å². The molecule has 0 aliphatic carbocycles. The lowest BCUT2D eigenvalue weighted by Crippen LogP contribution is -2.52. The van der Waals surface area contributed by atoms with E-state index in [1.807, 2.05) is 41.2 Å². The molecule has 3 rings (SSSR count). The molecule has 0 aromatic heterocycles. The first-order chi connectivity index (χ1) is 15.5. The standard InChI is InChI=1S/C25H37N3O3S/c1-19-8-7-9-21(18-19)23(29)26-22(12-17-32-2)25(31)28-15-10-20(11-16-28)24(30)27-13-5-3-4-6-14-27/h7-9,18,20,22H,3-6,10-17H2,1-2H3,(H,26,29). The number of piperidine rings is 1. The molecule has 176 valence electrons. The van der Waals surface area contributed by atoms with E-state index in [4.69, 9.17) is 0 Å². The quantitative estimate of drug-likeness (QED) is 0.678. The summed E-state index contributed by atoms with van der Waals surface area (Å²) < 4.78 is 0. The Morgan fingerprint density at radius 1 is 1.03 bits per heavy atom. The summed E-state index contributed by atoms with van der Waals surface area (Å²) in [5, 5.41) is 2.97. The summed E-state index contributed by atoms with van der Waals surface area (Å²) in [6.45, 7) is 4.86. The Morgan fingerprint density at radius 2 is 1.72 bits per heavy atom. The molecule has 3 amide bonds. The Bertz CT molecular complexity index is 784. The van der Waals surface area contributed by atoms with Crippen molar-refractivity contribution in [3.63, 3.8) is 0 Å². The molecule has 0 bridgehead atoms. The minimum atomic E-state index is -0.534. The number of carbonyl (C=O) groups is 3. The number of carbonyl (C=O) groups excluding carboxylic acids is 3. The van der Waals surface area contributed by atoms with Crippen molar-refractivity contribution in [2.75, 3.05) is 38.2 Å². The first-order valence-electron chi connectivity index (χ1n) is 11.9. The number of thioether (sulfide) groups is 1. The van der Waals surface area contributed by atoms with Gasteiger partial charge in [-0.25, -0.2) is 0 Å². The summed E-state index contributed by atoms with van der Waals surface area (Å²) in [7, 11) is 0. The van der Waals surface area contributed by atoms with Crippen molar-refractivity contribution >= 4 is 29.5 Å². The fraction of sp³-hybridized carbons (Fsp3) is 0.640. The number of likely N-dealkylation sites (tertiary alicyclic amines) is 2. The van der Waals surface area contributed by atoms with Crippen LogP contribution >= 0.6 is 11.8 Å². The summed E-state index contributed by atoms with van der Waals surface area (Å²) in [6, 6.07) is 6.89. The fourth-order valence-corrected chi connectivity index (χ4v) is 5.11. The normalized spacial score (nSPS) is 18.7. The first-order valence-corrected chi connectivity index (χ1v) is 13.3. The topological polar surface area (TPSA) is 69.7 Å². The molecule has 0 saturated carbocycles. The summed E-state index contributed by atoms with van der Waals surface area (Å²) in [6.07, 6.45) is 8.64. The smallest absolute Gasteiger partial charge is 0.251 e. The number of hydrogen-bond donors (Lipinski definition) is 1. The van der Waals surface area contributed by atoms with E-state index in [9.17, 15) is 14.4 Å². The molecule has 1 N–H and O–H groups in total. The van der Waals surface area contributed by atoms with Crippen molar-refractivity contribution in [3.8, 4) is 0 Å². The maximum absolute atomic E-state index is 13.3. The van der Waals surface area contributed by atoms with Crippen LogP contribution in [0.25, 0.3) is 0 Å². The number of aryl methyl sites for hydroxylation is 1. The van der Waals surface area contributed by atoms with Gasteiger partial charge in [-0.3, -0.25) is 14.4 Å². The van der Waals surface area contributed by atoms with Crippen LogP contribution in [0.3, 0.4) is 0 Å². The Balaban J connectivity index is 1.57. The van der Waals surface area contributed by atoms with E-state index in [0.29, 0.717) is 37.9 Å². The average Bonchev–Trinajstić information content (AvgIpc) is 3.10. The molecule has 2 aliphatic rings. The van der Waals surface area contributed by atoms with Gasteiger partial charge in [0, 0.05) is 37.7 Å². The summed E-state index contributed by atoms with van der Waals surface area (Å²) in [5.74, 6) is 0.850. The minimum absolute atomic E-state index is 0.0173. The Hall–Kier alpha value is -2.02. The van der Waals surface area contributed by atoms with Crippen LogP contribution in [0, 0.1) is 12.8 Å². The lowest BCUT2D eigenvalue weighted by Gasteiger charge is -2.35. The van der Waals surface area contributed by atoms with Gasteiger partial charge in [-0.05, 0) is 63.2 Å². The van der Waals surface area contributed by atoms with Crippen molar-refractivity contribution in [3.05, 3.63) is 35.4 Å².